The van der Waals surface area contributed by atoms with Crippen molar-refractivity contribution in [2.24, 2.45) is 0 Å². The molecule has 0 unspecified atom stereocenters. The van der Waals surface area contributed by atoms with Crippen molar-refractivity contribution >= 4 is 17.2 Å². The number of nitrogens with zero attached hydrogens (tertiary/aromatic N) is 2. The Morgan fingerprint density at radius 2 is 2.06 bits per heavy atom. The Labute approximate surface area is 101 Å². The van der Waals surface area contributed by atoms with Crippen LogP contribution < -0.4 is 5.56 Å². The van der Waals surface area contributed by atoms with E-state index >= 15 is 0 Å². The maximum Gasteiger partial charge on any atom is 0.272 e. The van der Waals surface area contributed by atoms with Crippen molar-refractivity contribution in [2.45, 2.75) is 0 Å². The highest BCUT2D eigenvalue weighted by molar-refractivity contribution is 6.33. The van der Waals surface area contributed by atoms with Crippen LogP contribution in [0.5, 0.6) is 0 Å². The molecule has 2 heterocycles. The van der Waals surface area contributed by atoms with Gasteiger partial charge in [0.1, 0.15) is 0 Å². The first-order valence-corrected chi connectivity index (χ1v) is 5.45. The molecule has 0 atom stereocenters. The van der Waals surface area contributed by atoms with Gasteiger partial charge in [0.25, 0.3) is 5.56 Å². The lowest BCUT2D eigenvalue weighted by molar-refractivity contribution is 0.903. The minimum absolute atomic E-state index is 0.145. The van der Waals surface area contributed by atoms with Gasteiger partial charge in [-0.1, -0.05) is 29.8 Å². The van der Waals surface area contributed by atoms with E-state index in [1.54, 1.807) is 12.1 Å². The third kappa shape index (κ3) is 1.62. The third-order valence-electron chi connectivity index (χ3n) is 2.54. The summed E-state index contributed by atoms with van der Waals surface area (Å²) in [5.41, 5.74) is 2.05. The topological polar surface area (TPSA) is 50.2 Å². The molecule has 5 heteroatoms. The molecular weight excluding hydrogens is 238 g/mol. The number of fused-ring (bicyclic) bond motifs is 1. The highest BCUT2D eigenvalue weighted by Crippen LogP contribution is 2.26. The van der Waals surface area contributed by atoms with Gasteiger partial charge in [0.2, 0.25) is 0 Å². The second-order valence-corrected chi connectivity index (χ2v) is 4.03. The van der Waals surface area contributed by atoms with E-state index in [2.05, 4.69) is 10.1 Å². The Bertz CT molecular complexity index is 745. The summed E-state index contributed by atoms with van der Waals surface area (Å²) in [5, 5.41) is 3.61. The molecule has 0 radical (unpaired) electrons. The smallest absolute Gasteiger partial charge is 0.272 e. The van der Waals surface area contributed by atoms with E-state index in [1.807, 2.05) is 18.2 Å². The second kappa shape index (κ2) is 3.75. The Balaban J connectivity index is 2.30. The SMILES string of the molecule is O=c1ccnc2cc(-c3ccccc3Cl)[nH]n12. The number of hydrogen-bond donors (Lipinski definition) is 1. The molecule has 0 aliphatic carbocycles. The largest absolute Gasteiger partial charge is 0.289 e. The van der Waals surface area contributed by atoms with Crippen molar-refractivity contribution in [1.82, 2.24) is 14.6 Å². The minimum Gasteiger partial charge on any atom is -0.289 e. The van der Waals surface area contributed by atoms with Gasteiger partial charge < -0.3 is 0 Å². The average Bonchev–Trinajstić information content (AvgIpc) is 2.75. The van der Waals surface area contributed by atoms with Crippen molar-refractivity contribution in [1.29, 1.82) is 0 Å². The van der Waals surface area contributed by atoms with E-state index in [9.17, 15) is 4.79 Å². The molecular formula is C12H8ClN3O. The van der Waals surface area contributed by atoms with Gasteiger partial charge >= 0.3 is 0 Å². The predicted molar refractivity (Wildman–Crippen MR) is 66.3 cm³/mol. The lowest BCUT2D eigenvalue weighted by atomic mass is 10.1. The first kappa shape index (κ1) is 10.1. The van der Waals surface area contributed by atoms with Gasteiger partial charge in [-0.25, -0.2) is 9.50 Å². The zero-order valence-electron chi connectivity index (χ0n) is 8.72. The molecule has 3 aromatic rings. The van der Waals surface area contributed by atoms with E-state index < -0.39 is 0 Å². The fourth-order valence-corrected chi connectivity index (χ4v) is 1.97. The number of aromatic nitrogens is 3. The lowest BCUT2D eigenvalue weighted by Gasteiger charge is -1.99. The van der Waals surface area contributed by atoms with Crippen molar-refractivity contribution < 1.29 is 0 Å². The number of rotatable bonds is 1. The highest BCUT2D eigenvalue weighted by Gasteiger charge is 2.07. The van der Waals surface area contributed by atoms with Crippen LogP contribution in [-0.4, -0.2) is 14.6 Å². The summed E-state index contributed by atoms with van der Waals surface area (Å²) in [6.07, 6.45) is 1.49. The summed E-state index contributed by atoms with van der Waals surface area (Å²) in [7, 11) is 0. The molecule has 2 aromatic heterocycles. The molecule has 0 aliphatic rings. The average molecular weight is 246 g/mol. The first-order valence-electron chi connectivity index (χ1n) is 5.07. The summed E-state index contributed by atoms with van der Waals surface area (Å²) in [6, 6.07) is 10.6. The van der Waals surface area contributed by atoms with Crippen LogP contribution >= 0.6 is 11.6 Å². The van der Waals surface area contributed by atoms with E-state index in [4.69, 9.17) is 11.6 Å². The van der Waals surface area contributed by atoms with Crippen LogP contribution in [0.3, 0.4) is 0 Å². The number of halogens is 1. The summed E-state index contributed by atoms with van der Waals surface area (Å²) in [5.74, 6) is 0. The summed E-state index contributed by atoms with van der Waals surface area (Å²) >= 11 is 6.10. The number of nitrogens with one attached hydrogen (secondary N) is 1. The molecule has 84 valence electrons. The summed E-state index contributed by atoms with van der Waals surface area (Å²) in [6.45, 7) is 0. The van der Waals surface area contributed by atoms with Crippen LogP contribution in [0.4, 0.5) is 0 Å². The molecule has 4 nitrogen and oxygen atoms in total. The highest BCUT2D eigenvalue weighted by atomic mass is 35.5. The van der Waals surface area contributed by atoms with Crippen molar-refractivity contribution in [3.63, 3.8) is 0 Å². The Hall–Kier alpha value is -2.07. The van der Waals surface area contributed by atoms with E-state index in [0.29, 0.717) is 10.7 Å². The quantitative estimate of drug-likeness (QED) is 0.715. The minimum atomic E-state index is -0.145. The second-order valence-electron chi connectivity index (χ2n) is 3.63. The molecule has 17 heavy (non-hydrogen) atoms. The van der Waals surface area contributed by atoms with E-state index in [-0.39, 0.29) is 5.56 Å². The molecule has 3 rings (SSSR count). The molecule has 0 bridgehead atoms. The third-order valence-corrected chi connectivity index (χ3v) is 2.87. The molecule has 0 spiro atoms. The number of H-pyrrole nitrogens is 1. The molecule has 0 saturated heterocycles. The van der Waals surface area contributed by atoms with Crippen LogP contribution in [0.25, 0.3) is 16.9 Å². The molecule has 1 aromatic carbocycles. The molecule has 0 amide bonds. The van der Waals surface area contributed by atoms with E-state index in [1.165, 1.54) is 16.8 Å². The molecule has 0 aliphatic heterocycles. The fourth-order valence-electron chi connectivity index (χ4n) is 1.74. The molecule has 0 saturated carbocycles. The number of benzene rings is 1. The fraction of sp³-hybridized carbons (Fsp3) is 0. The maximum atomic E-state index is 11.6. The van der Waals surface area contributed by atoms with Crippen LogP contribution in [0.2, 0.25) is 5.02 Å². The van der Waals surface area contributed by atoms with Gasteiger partial charge in [-0.05, 0) is 6.07 Å². The van der Waals surface area contributed by atoms with Gasteiger partial charge in [-0.15, -0.1) is 0 Å². The predicted octanol–water partition coefficient (Wildman–Crippen LogP) is 2.34. The van der Waals surface area contributed by atoms with Gasteiger partial charge in [0.05, 0.1) is 5.69 Å². The van der Waals surface area contributed by atoms with Crippen molar-refractivity contribution in [3.8, 4) is 11.3 Å². The monoisotopic (exact) mass is 245 g/mol. The van der Waals surface area contributed by atoms with Crippen LogP contribution in [0.15, 0.2) is 47.4 Å². The number of hydrogen-bond acceptors (Lipinski definition) is 2. The van der Waals surface area contributed by atoms with Gasteiger partial charge in [0.15, 0.2) is 5.65 Å². The summed E-state index contributed by atoms with van der Waals surface area (Å²) < 4.78 is 1.39. The molecule has 1 N–H and O–H groups in total. The zero-order chi connectivity index (χ0) is 11.8. The standard InChI is InChI=1S/C12H8ClN3O/c13-9-4-2-1-3-8(9)10-7-11-14-6-5-12(17)16(11)15-10/h1-7,15H. The zero-order valence-corrected chi connectivity index (χ0v) is 9.48. The Morgan fingerprint density at radius 3 is 2.82 bits per heavy atom. The van der Waals surface area contributed by atoms with Crippen LogP contribution in [-0.2, 0) is 0 Å². The first-order chi connectivity index (χ1) is 8.25. The van der Waals surface area contributed by atoms with Crippen LogP contribution in [0.1, 0.15) is 0 Å². The van der Waals surface area contributed by atoms with Gasteiger partial charge in [-0.2, -0.15) is 0 Å². The number of aromatic amines is 1. The van der Waals surface area contributed by atoms with Crippen molar-refractivity contribution in [2.75, 3.05) is 0 Å². The molecule has 0 fully saturated rings. The Kier molecular flexibility index (Phi) is 2.23. The van der Waals surface area contributed by atoms with Gasteiger partial charge in [0, 0.05) is 28.9 Å². The summed E-state index contributed by atoms with van der Waals surface area (Å²) in [4.78, 5) is 15.7. The van der Waals surface area contributed by atoms with Crippen LogP contribution in [0, 0.1) is 0 Å². The van der Waals surface area contributed by atoms with Gasteiger partial charge in [-0.3, -0.25) is 9.89 Å². The van der Waals surface area contributed by atoms with E-state index in [0.717, 1.165) is 11.3 Å². The van der Waals surface area contributed by atoms with Crippen molar-refractivity contribution in [3.05, 3.63) is 58.0 Å². The maximum absolute atomic E-state index is 11.6. The normalized spacial score (nSPS) is 10.9. The lowest BCUT2D eigenvalue weighted by Crippen LogP contribution is -2.12. The Morgan fingerprint density at radius 1 is 1.24 bits per heavy atom.